The number of H-pyrrole nitrogens is 1. The van der Waals surface area contributed by atoms with Crippen LogP contribution in [0.2, 0.25) is 0 Å². The highest BCUT2D eigenvalue weighted by molar-refractivity contribution is 6.25. The number of carbonyl (C=O) groups excluding carboxylic acids is 5. The Morgan fingerprint density at radius 3 is 2.20 bits per heavy atom. The van der Waals surface area contributed by atoms with Crippen molar-refractivity contribution in [2.45, 2.75) is 120 Å². The Hall–Kier alpha value is -3.72. The average molecular weight is 680 g/mol. The monoisotopic (exact) mass is 679 g/mol. The Bertz CT molecular complexity index is 1400. The van der Waals surface area contributed by atoms with Crippen molar-refractivity contribution < 1.29 is 24.0 Å². The predicted molar refractivity (Wildman–Crippen MR) is 183 cm³/mol. The van der Waals surface area contributed by atoms with Crippen molar-refractivity contribution in [3.05, 3.63) is 42.5 Å². The number of carbonyl (C=O) groups is 5. The second-order valence-electron chi connectivity index (χ2n) is 13.9. The van der Waals surface area contributed by atoms with Crippen molar-refractivity contribution in [2.24, 2.45) is 40.2 Å². The number of imidazole rings is 1. The van der Waals surface area contributed by atoms with E-state index in [0.717, 1.165) is 38.5 Å². The van der Waals surface area contributed by atoms with E-state index in [0.29, 0.717) is 57.2 Å². The number of aldehydes is 1. The second-order valence-corrected chi connectivity index (χ2v) is 13.9. The van der Waals surface area contributed by atoms with E-state index in [-0.39, 0.29) is 30.7 Å². The Balaban J connectivity index is 1.89. The van der Waals surface area contributed by atoms with Gasteiger partial charge in [0.05, 0.1) is 30.6 Å². The molecule has 2 heterocycles. The number of ketones is 3. The van der Waals surface area contributed by atoms with E-state index in [1.165, 1.54) is 31.1 Å². The van der Waals surface area contributed by atoms with Crippen molar-refractivity contribution in [1.82, 2.24) is 25.3 Å². The lowest BCUT2D eigenvalue weighted by atomic mass is 9.51. The molecule has 49 heavy (non-hydrogen) atoms. The molecule has 0 radical (unpaired) electrons. The van der Waals surface area contributed by atoms with E-state index in [9.17, 15) is 14.4 Å². The molecule has 0 aromatic carbocycles. The molecular formula is C35H53N9O5. The molecule has 0 bridgehead atoms. The molecule has 5 atom stereocenters. The Kier molecular flexibility index (Phi) is 13.8. The first kappa shape index (κ1) is 38.1. The Morgan fingerprint density at radius 2 is 1.61 bits per heavy atom. The van der Waals surface area contributed by atoms with Crippen LogP contribution >= 0.6 is 0 Å². The Labute approximate surface area is 287 Å². The highest BCUT2D eigenvalue weighted by Crippen LogP contribution is 2.49. The molecule has 1 amide bonds. The number of nitrogens with one attached hydrogen (secondary N) is 2. The minimum absolute atomic E-state index is 0.139. The molecule has 2 saturated carbocycles. The number of unbranched alkanes of at least 4 members (excludes halogenated alkanes) is 1. The number of Topliss-reactive ketones (excluding diaryl/α,β-unsaturated/α-hetero) is 3. The van der Waals surface area contributed by atoms with E-state index in [1.807, 2.05) is 0 Å². The first-order valence-electron chi connectivity index (χ1n) is 17.7. The number of amides is 1. The van der Waals surface area contributed by atoms with Crippen LogP contribution in [-0.2, 0) is 25.6 Å². The van der Waals surface area contributed by atoms with Gasteiger partial charge in [0, 0.05) is 30.7 Å². The quantitative estimate of drug-likeness (QED) is 0.0534. The maximum absolute atomic E-state index is 15.5. The van der Waals surface area contributed by atoms with E-state index < -0.39 is 58.3 Å². The summed E-state index contributed by atoms with van der Waals surface area (Å²) in [5.74, 6) is -3.99. The molecule has 4 rings (SSSR count). The first-order valence-corrected chi connectivity index (χ1v) is 17.7. The highest BCUT2D eigenvalue weighted by Gasteiger charge is 2.68. The van der Waals surface area contributed by atoms with Gasteiger partial charge < -0.3 is 38.0 Å². The molecule has 0 spiro atoms. The number of hydrogen-bond acceptors (Lipinski definition) is 12. The summed E-state index contributed by atoms with van der Waals surface area (Å²) >= 11 is 0. The fourth-order valence-electron chi connectivity index (χ4n) is 7.94. The fraction of sp³-hybridized carbons (Fsp3) is 0.657. The summed E-state index contributed by atoms with van der Waals surface area (Å²) in [4.78, 5) is 87.7. The van der Waals surface area contributed by atoms with Crippen LogP contribution in [0.1, 0.15) is 106 Å². The van der Waals surface area contributed by atoms with Crippen LogP contribution in [0.15, 0.2) is 31.1 Å². The smallest absolute Gasteiger partial charge is 0.237 e. The van der Waals surface area contributed by atoms with E-state index in [1.54, 1.807) is 0 Å². The lowest BCUT2D eigenvalue weighted by Crippen LogP contribution is -2.75. The zero-order valence-corrected chi connectivity index (χ0v) is 28.4. The van der Waals surface area contributed by atoms with Gasteiger partial charge >= 0.3 is 0 Å². The predicted octanol–water partition coefficient (Wildman–Crippen LogP) is 1.47. The summed E-state index contributed by atoms with van der Waals surface area (Å²) < 4.78 is 0. The summed E-state index contributed by atoms with van der Waals surface area (Å²) in [5.41, 5.74) is 20.6. The van der Waals surface area contributed by atoms with Gasteiger partial charge in [-0.3, -0.25) is 24.2 Å². The van der Waals surface area contributed by atoms with Gasteiger partial charge in [-0.1, -0.05) is 57.8 Å². The largest absolute Gasteiger partial charge is 0.348 e. The molecule has 14 heteroatoms. The van der Waals surface area contributed by atoms with Crippen LogP contribution < -0.4 is 28.3 Å². The zero-order valence-electron chi connectivity index (χ0n) is 28.4. The van der Waals surface area contributed by atoms with Crippen LogP contribution in [0.25, 0.3) is 0 Å². The number of aromatic nitrogens is 4. The molecule has 10 N–H and O–H groups in total. The van der Waals surface area contributed by atoms with Crippen molar-refractivity contribution >= 4 is 29.5 Å². The third-order valence-corrected chi connectivity index (χ3v) is 10.6. The van der Waals surface area contributed by atoms with Gasteiger partial charge in [0.25, 0.3) is 0 Å². The van der Waals surface area contributed by atoms with E-state index in [2.05, 4.69) is 25.3 Å². The van der Waals surface area contributed by atoms with Gasteiger partial charge in [0.1, 0.15) is 17.4 Å². The van der Waals surface area contributed by atoms with E-state index in [4.69, 9.17) is 22.9 Å². The lowest BCUT2D eigenvalue weighted by Gasteiger charge is -2.49. The van der Waals surface area contributed by atoms with Crippen molar-refractivity contribution in [1.29, 1.82) is 0 Å². The highest BCUT2D eigenvalue weighted by atomic mass is 16.2. The van der Waals surface area contributed by atoms with Gasteiger partial charge in [-0.05, 0) is 50.5 Å². The lowest BCUT2D eigenvalue weighted by molar-refractivity contribution is -0.149. The molecular weight excluding hydrogens is 626 g/mol. The SMILES string of the molecule is NCCCC[C@H](N)C(=O)N[C@@H](Cc1cnc[nH]1)C(=O)C(C(=O)c1cnccn1)(C1CCCCC1)[C@](N)(C=O)C(=O)[C@@H](N)CC1CCCCC1. The third-order valence-electron chi connectivity index (χ3n) is 10.6. The Morgan fingerprint density at radius 1 is 0.918 bits per heavy atom. The molecule has 2 aromatic rings. The van der Waals surface area contributed by atoms with Crippen LogP contribution in [-0.4, -0.2) is 79.7 Å². The summed E-state index contributed by atoms with van der Waals surface area (Å²) in [6.07, 6.45) is 16.3. The molecule has 1 unspecified atom stereocenters. The summed E-state index contributed by atoms with van der Waals surface area (Å²) in [6, 6.07) is -3.62. The minimum Gasteiger partial charge on any atom is -0.348 e. The van der Waals surface area contributed by atoms with Crippen molar-refractivity contribution in [2.75, 3.05) is 6.54 Å². The topological polar surface area (TPSA) is 256 Å². The summed E-state index contributed by atoms with van der Waals surface area (Å²) in [5, 5.41) is 2.77. The molecule has 268 valence electrons. The number of nitrogens with two attached hydrogens (primary N) is 4. The number of rotatable bonds is 19. The molecule has 2 fully saturated rings. The number of nitrogens with zero attached hydrogens (tertiary/aromatic N) is 3. The van der Waals surface area contributed by atoms with Gasteiger partial charge in [-0.2, -0.15) is 0 Å². The normalized spacial score (nSPS) is 20.2. The maximum atomic E-state index is 15.5. The molecule has 0 saturated heterocycles. The standard InChI is InChI=1S/C35H53N9O5/c36-14-8-7-13-26(37)33(49)44-28(18-25-19-41-22-43-25)31(47)35(24-11-5-2-6-12-24,32(48)29-20-40-15-16-42-29)34(39,21-45)30(46)27(38)17-23-9-3-1-4-10-23/h15-16,19-24,26-28H,1-14,17-18,36-39H2,(H,41,43)(H,44,49)/t26-,27-,28-,34-,35?/m0/s1. The van der Waals surface area contributed by atoms with Gasteiger partial charge in [0.2, 0.25) is 5.91 Å². The van der Waals surface area contributed by atoms with E-state index >= 15 is 9.59 Å². The fourth-order valence-corrected chi connectivity index (χ4v) is 7.94. The number of hydrogen-bond donors (Lipinski definition) is 6. The van der Waals surface area contributed by atoms with Crippen molar-refractivity contribution in [3.63, 3.8) is 0 Å². The summed E-state index contributed by atoms with van der Waals surface area (Å²) in [6.45, 7) is 0.435. The number of aromatic amines is 1. The zero-order chi connectivity index (χ0) is 35.4. The van der Waals surface area contributed by atoms with Gasteiger partial charge in [-0.25, -0.2) is 9.97 Å². The van der Waals surface area contributed by atoms with Crippen molar-refractivity contribution in [3.8, 4) is 0 Å². The average Bonchev–Trinajstić information content (AvgIpc) is 3.65. The molecule has 2 aromatic heterocycles. The van der Waals surface area contributed by atoms with Crippen LogP contribution in [0.4, 0.5) is 0 Å². The van der Waals surface area contributed by atoms with Crippen LogP contribution in [0, 0.1) is 17.3 Å². The minimum atomic E-state index is -2.69. The molecule has 14 nitrogen and oxygen atoms in total. The van der Waals surface area contributed by atoms with Gasteiger partial charge in [-0.15, -0.1) is 0 Å². The first-order chi connectivity index (χ1) is 23.6. The van der Waals surface area contributed by atoms with Gasteiger partial charge in [0.15, 0.2) is 22.9 Å². The molecule has 0 aliphatic heterocycles. The molecule has 2 aliphatic carbocycles. The summed E-state index contributed by atoms with van der Waals surface area (Å²) in [7, 11) is 0. The maximum Gasteiger partial charge on any atom is 0.237 e. The molecule has 2 aliphatic rings. The van der Waals surface area contributed by atoms with Crippen LogP contribution in [0.5, 0.6) is 0 Å². The third kappa shape index (κ3) is 8.54. The second kappa shape index (κ2) is 17.8. The van der Waals surface area contributed by atoms with Crippen LogP contribution in [0.3, 0.4) is 0 Å².